The van der Waals surface area contributed by atoms with Gasteiger partial charge in [-0.3, -0.25) is 0 Å². The highest BCUT2D eigenvalue weighted by Gasteiger charge is 2.42. The van der Waals surface area contributed by atoms with Crippen molar-refractivity contribution in [2.45, 2.75) is 31.1 Å². The number of pyridine rings is 1. The Bertz CT molecular complexity index is 363. The number of hydrogen-bond acceptors (Lipinski definition) is 4. The van der Waals surface area contributed by atoms with E-state index in [1.54, 1.807) is 18.0 Å². The fourth-order valence-electron chi connectivity index (χ4n) is 2.20. The third kappa shape index (κ3) is 1.62. The third-order valence-electron chi connectivity index (χ3n) is 3.15. The van der Waals surface area contributed by atoms with Crippen molar-refractivity contribution in [2.75, 3.05) is 11.5 Å². The summed E-state index contributed by atoms with van der Waals surface area (Å²) < 4.78 is 0. The van der Waals surface area contributed by atoms with Crippen molar-refractivity contribution < 1.29 is 5.11 Å². The normalized spacial score (nSPS) is 30.7. The fraction of sp³-hybridized carbons (Fsp3) is 0.545. The third-order valence-corrected chi connectivity index (χ3v) is 4.47. The van der Waals surface area contributed by atoms with Crippen LogP contribution in [0.15, 0.2) is 12.3 Å². The zero-order chi connectivity index (χ0) is 11.1. The van der Waals surface area contributed by atoms with E-state index in [9.17, 15) is 5.11 Å². The summed E-state index contributed by atoms with van der Waals surface area (Å²) in [4.78, 5) is 4.07. The van der Waals surface area contributed by atoms with Crippen LogP contribution in [-0.4, -0.2) is 21.1 Å². The van der Waals surface area contributed by atoms with Crippen LogP contribution in [0.1, 0.15) is 24.5 Å². The molecular weight excluding hydrogens is 208 g/mol. The van der Waals surface area contributed by atoms with Crippen LogP contribution in [0.5, 0.6) is 0 Å². The quantitative estimate of drug-likeness (QED) is 0.762. The Morgan fingerprint density at radius 2 is 2.40 bits per heavy atom. The number of aryl methyl sites for hydroxylation is 1. The average molecular weight is 224 g/mol. The number of nitrogens with two attached hydrogens (primary N) is 1. The maximum Gasteiger partial charge on any atom is 0.129 e. The van der Waals surface area contributed by atoms with Crippen LogP contribution in [-0.2, 0) is 5.60 Å². The van der Waals surface area contributed by atoms with Gasteiger partial charge in [0.15, 0.2) is 0 Å². The first-order valence-corrected chi connectivity index (χ1v) is 6.16. The first-order chi connectivity index (χ1) is 7.05. The largest absolute Gasteiger partial charge is 0.384 e. The van der Waals surface area contributed by atoms with Crippen LogP contribution < -0.4 is 5.73 Å². The van der Waals surface area contributed by atoms with Gasteiger partial charge in [0.05, 0.1) is 0 Å². The second-order valence-corrected chi connectivity index (χ2v) is 5.52. The Morgan fingerprint density at radius 1 is 1.67 bits per heavy atom. The van der Waals surface area contributed by atoms with Gasteiger partial charge in [-0.15, -0.1) is 0 Å². The molecule has 1 aromatic heterocycles. The Morgan fingerprint density at radius 3 is 2.93 bits per heavy atom. The number of hydrogen-bond donors (Lipinski definition) is 2. The van der Waals surface area contributed by atoms with Gasteiger partial charge in [-0.05, 0) is 30.7 Å². The predicted molar refractivity (Wildman–Crippen MR) is 63.8 cm³/mol. The zero-order valence-electron chi connectivity index (χ0n) is 9.03. The molecule has 0 saturated carbocycles. The van der Waals surface area contributed by atoms with Crippen LogP contribution in [0.3, 0.4) is 0 Å². The van der Waals surface area contributed by atoms with Gasteiger partial charge in [0.2, 0.25) is 0 Å². The van der Waals surface area contributed by atoms with Crippen molar-refractivity contribution in [1.82, 2.24) is 4.98 Å². The van der Waals surface area contributed by atoms with Crippen molar-refractivity contribution in [1.29, 1.82) is 0 Å². The van der Waals surface area contributed by atoms with Gasteiger partial charge in [-0.1, -0.05) is 6.92 Å². The SMILES string of the molecule is Cc1ccnc(N)c1C1(O)CCSC1C. The van der Waals surface area contributed by atoms with Crippen LogP contribution in [0.2, 0.25) is 0 Å². The summed E-state index contributed by atoms with van der Waals surface area (Å²) in [5, 5.41) is 10.8. The van der Waals surface area contributed by atoms with Gasteiger partial charge >= 0.3 is 0 Å². The first-order valence-electron chi connectivity index (χ1n) is 5.11. The Kier molecular flexibility index (Phi) is 2.64. The number of nitrogen functional groups attached to an aromatic ring is 1. The Hall–Kier alpha value is -0.740. The maximum atomic E-state index is 10.7. The van der Waals surface area contributed by atoms with Crippen molar-refractivity contribution in [3.63, 3.8) is 0 Å². The van der Waals surface area contributed by atoms with Gasteiger partial charge < -0.3 is 10.8 Å². The molecule has 82 valence electrons. The molecule has 0 radical (unpaired) electrons. The number of thioether (sulfide) groups is 1. The molecule has 0 bridgehead atoms. The van der Waals surface area contributed by atoms with E-state index >= 15 is 0 Å². The summed E-state index contributed by atoms with van der Waals surface area (Å²) >= 11 is 1.78. The van der Waals surface area contributed by atoms with Crippen LogP contribution in [0.25, 0.3) is 0 Å². The second-order valence-electron chi connectivity index (χ2n) is 4.08. The molecule has 4 heteroatoms. The molecule has 0 aliphatic carbocycles. The van der Waals surface area contributed by atoms with Gasteiger partial charge in [-0.2, -0.15) is 11.8 Å². The van der Waals surface area contributed by atoms with Crippen molar-refractivity contribution in [3.8, 4) is 0 Å². The number of aromatic nitrogens is 1. The Labute approximate surface area is 94.1 Å². The lowest BCUT2D eigenvalue weighted by molar-refractivity contribution is 0.0426. The van der Waals surface area contributed by atoms with E-state index in [1.807, 2.05) is 19.9 Å². The molecule has 2 rings (SSSR count). The van der Waals surface area contributed by atoms with Gasteiger partial charge in [0, 0.05) is 17.0 Å². The molecule has 3 N–H and O–H groups in total. The van der Waals surface area contributed by atoms with Gasteiger partial charge in [0.1, 0.15) is 11.4 Å². The van der Waals surface area contributed by atoms with Gasteiger partial charge in [-0.25, -0.2) is 4.98 Å². The van der Waals surface area contributed by atoms with Crippen LogP contribution in [0, 0.1) is 6.92 Å². The summed E-state index contributed by atoms with van der Waals surface area (Å²) in [6.07, 6.45) is 2.44. The lowest BCUT2D eigenvalue weighted by Gasteiger charge is -2.29. The predicted octanol–water partition coefficient (Wildman–Crippen LogP) is 1.69. The molecule has 2 atom stereocenters. The molecule has 1 aliphatic rings. The molecule has 15 heavy (non-hydrogen) atoms. The second kappa shape index (κ2) is 3.68. The molecule has 2 heterocycles. The summed E-state index contributed by atoms with van der Waals surface area (Å²) in [7, 11) is 0. The number of nitrogens with zero attached hydrogens (tertiary/aromatic N) is 1. The highest BCUT2D eigenvalue weighted by molar-refractivity contribution is 8.00. The van der Waals surface area contributed by atoms with E-state index in [0.717, 1.165) is 23.3 Å². The van der Waals surface area contributed by atoms with E-state index in [4.69, 9.17) is 5.73 Å². The molecule has 1 aliphatic heterocycles. The molecule has 2 unspecified atom stereocenters. The summed E-state index contributed by atoms with van der Waals surface area (Å²) in [5.41, 5.74) is 6.92. The smallest absolute Gasteiger partial charge is 0.129 e. The number of aliphatic hydroxyl groups is 1. The van der Waals surface area contributed by atoms with E-state index in [1.165, 1.54) is 0 Å². The lowest BCUT2D eigenvalue weighted by atomic mass is 9.86. The topological polar surface area (TPSA) is 59.1 Å². The summed E-state index contributed by atoms with van der Waals surface area (Å²) in [6, 6.07) is 1.90. The van der Waals surface area contributed by atoms with Crippen LogP contribution >= 0.6 is 11.8 Å². The summed E-state index contributed by atoms with van der Waals surface area (Å²) in [6.45, 7) is 4.02. The standard InChI is InChI=1S/C11H16N2OS/c1-7-3-5-13-10(12)9(7)11(14)4-6-15-8(11)2/h3,5,8,14H,4,6H2,1-2H3,(H2,12,13). The average Bonchev–Trinajstić information content (AvgIpc) is 2.47. The molecule has 1 fully saturated rings. The minimum atomic E-state index is -0.799. The monoisotopic (exact) mass is 224 g/mol. The molecule has 0 amide bonds. The van der Waals surface area contributed by atoms with Gasteiger partial charge in [0.25, 0.3) is 0 Å². The highest BCUT2D eigenvalue weighted by atomic mass is 32.2. The van der Waals surface area contributed by atoms with E-state index in [0.29, 0.717) is 5.82 Å². The van der Waals surface area contributed by atoms with E-state index in [2.05, 4.69) is 4.98 Å². The molecule has 1 saturated heterocycles. The minimum Gasteiger partial charge on any atom is -0.384 e. The first kappa shape index (κ1) is 10.8. The van der Waals surface area contributed by atoms with Crippen LogP contribution in [0.4, 0.5) is 5.82 Å². The zero-order valence-corrected chi connectivity index (χ0v) is 9.84. The molecule has 3 nitrogen and oxygen atoms in total. The Balaban J connectivity index is 2.53. The molecule has 0 aromatic carbocycles. The summed E-state index contributed by atoms with van der Waals surface area (Å²) in [5.74, 6) is 1.44. The number of rotatable bonds is 1. The fourth-order valence-corrected chi connectivity index (χ4v) is 3.50. The van der Waals surface area contributed by atoms with E-state index in [-0.39, 0.29) is 5.25 Å². The number of anilines is 1. The van der Waals surface area contributed by atoms with Crippen molar-refractivity contribution >= 4 is 17.6 Å². The lowest BCUT2D eigenvalue weighted by Crippen LogP contribution is -2.33. The van der Waals surface area contributed by atoms with E-state index < -0.39 is 5.60 Å². The van der Waals surface area contributed by atoms with Crippen molar-refractivity contribution in [2.24, 2.45) is 0 Å². The highest BCUT2D eigenvalue weighted by Crippen LogP contribution is 2.45. The minimum absolute atomic E-state index is 0.183. The molecular formula is C11H16N2OS. The maximum absolute atomic E-state index is 10.7. The van der Waals surface area contributed by atoms with Crippen molar-refractivity contribution in [3.05, 3.63) is 23.4 Å². The molecule has 1 aromatic rings. The molecule has 0 spiro atoms.